The van der Waals surface area contributed by atoms with Crippen LogP contribution in [0.1, 0.15) is 0 Å². The van der Waals surface area contributed by atoms with Gasteiger partial charge in [0, 0.05) is 3.57 Å². The van der Waals surface area contributed by atoms with Gasteiger partial charge in [-0.05, 0) is 56.6 Å². The molecule has 0 bridgehead atoms. The van der Waals surface area contributed by atoms with Gasteiger partial charge in [0.1, 0.15) is 0 Å². The summed E-state index contributed by atoms with van der Waals surface area (Å²) in [6.45, 7) is 0. The summed E-state index contributed by atoms with van der Waals surface area (Å²) in [5.41, 5.74) is 2.58. The molecule has 1 heteroatoms. The lowest BCUT2D eigenvalue weighted by atomic mass is 9.98. The molecule has 0 spiro atoms. The van der Waals surface area contributed by atoms with E-state index >= 15 is 0 Å². The zero-order valence-corrected chi connectivity index (χ0v) is 11.4. The van der Waals surface area contributed by atoms with Crippen molar-refractivity contribution in [2.24, 2.45) is 0 Å². The van der Waals surface area contributed by atoms with E-state index in [1.165, 1.54) is 25.5 Å². The molecular formula is C16H11I. The van der Waals surface area contributed by atoms with E-state index in [0.717, 1.165) is 0 Å². The Morgan fingerprint density at radius 2 is 1.35 bits per heavy atom. The Labute approximate surface area is 114 Å². The molecule has 0 N–H and O–H groups in total. The molecule has 82 valence electrons. The van der Waals surface area contributed by atoms with Crippen molar-refractivity contribution in [3.63, 3.8) is 0 Å². The van der Waals surface area contributed by atoms with Crippen LogP contribution in [0.2, 0.25) is 0 Å². The molecule has 0 aliphatic rings. The molecule has 0 saturated heterocycles. The number of fused-ring (bicyclic) bond motifs is 1. The zero-order chi connectivity index (χ0) is 11.7. The summed E-state index contributed by atoms with van der Waals surface area (Å²) < 4.78 is 1.27. The molecule has 3 aromatic carbocycles. The van der Waals surface area contributed by atoms with Gasteiger partial charge in [0.15, 0.2) is 0 Å². The van der Waals surface area contributed by atoms with Crippen LogP contribution in [-0.2, 0) is 0 Å². The number of halogens is 1. The SMILES string of the molecule is Ic1ccc(-c2cccc3ccccc23)cc1. The fraction of sp³-hybridized carbons (Fsp3) is 0. The minimum absolute atomic E-state index is 1.27. The van der Waals surface area contributed by atoms with Crippen molar-refractivity contribution in [3.05, 3.63) is 70.3 Å². The van der Waals surface area contributed by atoms with Gasteiger partial charge in [-0.15, -0.1) is 0 Å². The minimum atomic E-state index is 1.27. The summed E-state index contributed by atoms with van der Waals surface area (Å²) in [6, 6.07) is 23.7. The monoisotopic (exact) mass is 330 g/mol. The van der Waals surface area contributed by atoms with E-state index in [1.54, 1.807) is 0 Å². The molecule has 0 aliphatic heterocycles. The fourth-order valence-corrected chi connectivity index (χ4v) is 2.47. The summed E-state index contributed by atoms with van der Waals surface area (Å²) in [5.74, 6) is 0. The third-order valence-electron chi connectivity index (χ3n) is 2.94. The summed E-state index contributed by atoms with van der Waals surface area (Å²) in [6.07, 6.45) is 0. The molecule has 0 amide bonds. The summed E-state index contributed by atoms with van der Waals surface area (Å²) in [4.78, 5) is 0. The third-order valence-corrected chi connectivity index (χ3v) is 3.66. The van der Waals surface area contributed by atoms with Gasteiger partial charge in [0.2, 0.25) is 0 Å². The van der Waals surface area contributed by atoms with Gasteiger partial charge in [-0.2, -0.15) is 0 Å². The van der Waals surface area contributed by atoms with Crippen LogP contribution in [0.5, 0.6) is 0 Å². The topological polar surface area (TPSA) is 0 Å². The van der Waals surface area contributed by atoms with Crippen molar-refractivity contribution < 1.29 is 0 Å². The molecule has 0 heterocycles. The summed E-state index contributed by atoms with van der Waals surface area (Å²) >= 11 is 2.33. The Balaban J connectivity index is 2.27. The number of rotatable bonds is 1. The maximum Gasteiger partial charge on any atom is 0.0130 e. The van der Waals surface area contributed by atoms with E-state index in [4.69, 9.17) is 0 Å². The van der Waals surface area contributed by atoms with E-state index < -0.39 is 0 Å². The number of benzene rings is 3. The predicted molar refractivity (Wildman–Crippen MR) is 82.1 cm³/mol. The molecule has 0 fully saturated rings. The smallest absolute Gasteiger partial charge is 0.0130 e. The first-order valence-corrected chi connectivity index (χ1v) is 6.66. The lowest BCUT2D eigenvalue weighted by molar-refractivity contribution is 1.61. The highest BCUT2D eigenvalue weighted by Crippen LogP contribution is 2.28. The second-order valence-corrected chi connectivity index (χ2v) is 5.28. The van der Waals surface area contributed by atoms with E-state index in [-0.39, 0.29) is 0 Å². The second-order valence-electron chi connectivity index (χ2n) is 4.03. The Morgan fingerprint density at radius 1 is 0.647 bits per heavy atom. The van der Waals surface area contributed by atoms with Crippen molar-refractivity contribution in [1.29, 1.82) is 0 Å². The maximum atomic E-state index is 2.33. The lowest BCUT2D eigenvalue weighted by Gasteiger charge is -2.06. The third kappa shape index (κ3) is 2.07. The average molecular weight is 330 g/mol. The van der Waals surface area contributed by atoms with Gasteiger partial charge in [-0.3, -0.25) is 0 Å². The van der Waals surface area contributed by atoms with E-state index in [2.05, 4.69) is 89.3 Å². The predicted octanol–water partition coefficient (Wildman–Crippen LogP) is 5.11. The van der Waals surface area contributed by atoms with Crippen molar-refractivity contribution in [3.8, 4) is 11.1 Å². The molecule has 0 aliphatic carbocycles. The Morgan fingerprint density at radius 3 is 2.18 bits per heavy atom. The molecule has 3 aromatic rings. The van der Waals surface area contributed by atoms with Crippen LogP contribution in [0.25, 0.3) is 21.9 Å². The van der Waals surface area contributed by atoms with Gasteiger partial charge in [-0.1, -0.05) is 54.6 Å². The van der Waals surface area contributed by atoms with Crippen LogP contribution < -0.4 is 0 Å². The fourth-order valence-electron chi connectivity index (χ4n) is 2.11. The molecule has 0 unspecified atom stereocenters. The van der Waals surface area contributed by atoms with Crippen LogP contribution in [-0.4, -0.2) is 0 Å². The number of hydrogen-bond acceptors (Lipinski definition) is 0. The van der Waals surface area contributed by atoms with E-state index in [9.17, 15) is 0 Å². The Kier molecular flexibility index (Phi) is 2.85. The van der Waals surface area contributed by atoms with Crippen LogP contribution in [0, 0.1) is 3.57 Å². The van der Waals surface area contributed by atoms with Crippen molar-refractivity contribution in [1.82, 2.24) is 0 Å². The van der Waals surface area contributed by atoms with Crippen LogP contribution in [0.15, 0.2) is 66.7 Å². The lowest BCUT2D eigenvalue weighted by Crippen LogP contribution is -1.81. The quantitative estimate of drug-likeness (QED) is 0.544. The van der Waals surface area contributed by atoms with Crippen LogP contribution in [0.3, 0.4) is 0 Å². The van der Waals surface area contributed by atoms with E-state index in [1.807, 2.05) is 0 Å². The minimum Gasteiger partial charge on any atom is -0.0616 e. The Hall–Kier alpha value is -1.35. The van der Waals surface area contributed by atoms with Crippen molar-refractivity contribution in [2.45, 2.75) is 0 Å². The summed E-state index contributed by atoms with van der Waals surface area (Å²) in [7, 11) is 0. The van der Waals surface area contributed by atoms with Gasteiger partial charge in [-0.25, -0.2) is 0 Å². The first kappa shape index (κ1) is 10.8. The molecule has 0 atom stereocenters. The molecule has 0 nitrogen and oxygen atoms in total. The van der Waals surface area contributed by atoms with Crippen LogP contribution >= 0.6 is 22.6 Å². The average Bonchev–Trinajstić information content (AvgIpc) is 2.39. The first-order chi connectivity index (χ1) is 8.34. The zero-order valence-electron chi connectivity index (χ0n) is 9.23. The molecule has 17 heavy (non-hydrogen) atoms. The molecule has 0 saturated carbocycles. The van der Waals surface area contributed by atoms with Crippen LogP contribution in [0.4, 0.5) is 0 Å². The Bertz CT molecular complexity index is 648. The molecular weight excluding hydrogens is 319 g/mol. The molecule has 3 rings (SSSR count). The van der Waals surface area contributed by atoms with Gasteiger partial charge in [0.05, 0.1) is 0 Å². The van der Waals surface area contributed by atoms with E-state index in [0.29, 0.717) is 0 Å². The normalized spacial score (nSPS) is 10.6. The molecule has 0 aromatic heterocycles. The van der Waals surface area contributed by atoms with Crippen molar-refractivity contribution >= 4 is 33.4 Å². The molecule has 0 radical (unpaired) electrons. The maximum absolute atomic E-state index is 2.33. The first-order valence-electron chi connectivity index (χ1n) is 5.58. The largest absolute Gasteiger partial charge is 0.0616 e. The standard InChI is InChI=1S/C16H11I/c17-14-10-8-13(9-11-14)16-7-3-5-12-4-1-2-6-15(12)16/h1-11H. The second kappa shape index (κ2) is 4.49. The van der Waals surface area contributed by atoms with Gasteiger partial charge >= 0.3 is 0 Å². The van der Waals surface area contributed by atoms with Gasteiger partial charge in [0.25, 0.3) is 0 Å². The van der Waals surface area contributed by atoms with Crippen molar-refractivity contribution in [2.75, 3.05) is 0 Å². The highest BCUT2D eigenvalue weighted by molar-refractivity contribution is 14.1. The number of hydrogen-bond donors (Lipinski definition) is 0. The highest BCUT2D eigenvalue weighted by atomic mass is 127. The highest BCUT2D eigenvalue weighted by Gasteiger charge is 2.02. The van der Waals surface area contributed by atoms with Gasteiger partial charge < -0.3 is 0 Å². The summed E-state index contributed by atoms with van der Waals surface area (Å²) in [5, 5.41) is 2.61.